The van der Waals surface area contributed by atoms with E-state index in [1.807, 2.05) is 13.0 Å². The van der Waals surface area contributed by atoms with Crippen molar-refractivity contribution in [3.63, 3.8) is 0 Å². The van der Waals surface area contributed by atoms with E-state index in [-0.39, 0.29) is 25.8 Å². The molecular weight excluding hydrogens is 279 g/mol. The van der Waals surface area contributed by atoms with Crippen LogP contribution in [-0.4, -0.2) is 37.1 Å². The van der Waals surface area contributed by atoms with E-state index < -0.39 is 13.3 Å². The standard InChI is InChI=1S/C14H21O5P/c1-2-10-19-20(17,13-6-4-3-5-7-13)12-8-14(16)18-11-9-15/h3-7,15H,2,8-12H2,1H3. The quantitative estimate of drug-likeness (QED) is 0.557. The van der Waals surface area contributed by atoms with Crippen molar-refractivity contribution >= 4 is 18.6 Å². The summed E-state index contributed by atoms with van der Waals surface area (Å²) in [6, 6.07) is 8.91. The van der Waals surface area contributed by atoms with E-state index in [1.54, 1.807) is 24.3 Å². The van der Waals surface area contributed by atoms with Crippen molar-refractivity contribution in [2.45, 2.75) is 19.8 Å². The Labute approximate surface area is 119 Å². The Bertz CT molecular complexity index is 446. The lowest BCUT2D eigenvalue weighted by atomic mass is 10.4. The fourth-order valence-electron chi connectivity index (χ4n) is 1.63. The number of aliphatic hydroxyl groups is 1. The third kappa shape index (κ3) is 5.45. The zero-order valence-electron chi connectivity index (χ0n) is 11.7. The largest absolute Gasteiger partial charge is 0.463 e. The van der Waals surface area contributed by atoms with Crippen molar-refractivity contribution < 1.29 is 23.7 Å². The van der Waals surface area contributed by atoms with E-state index in [0.717, 1.165) is 6.42 Å². The summed E-state index contributed by atoms with van der Waals surface area (Å²) >= 11 is 0. The first kappa shape index (κ1) is 16.9. The number of carbonyl (C=O) groups is 1. The van der Waals surface area contributed by atoms with Crippen molar-refractivity contribution in [2.75, 3.05) is 26.0 Å². The molecule has 20 heavy (non-hydrogen) atoms. The molecule has 0 aliphatic heterocycles. The van der Waals surface area contributed by atoms with E-state index >= 15 is 0 Å². The number of ether oxygens (including phenoxy) is 1. The number of rotatable bonds is 9. The maximum Gasteiger partial charge on any atom is 0.306 e. The Balaban J connectivity index is 2.69. The summed E-state index contributed by atoms with van der Waals surface area (Å²) in [6.07, 6.45) is 0.878. The maximum atomic E-state index is 12.9. The number of hydrogen-bond acceptors (Lipinski definition) is 5. The third-order valence-corrected chi connectivity index (χ3v) is 5.12. The van der Waals surface area contributed by atoms with Crippen LogP contribution in [0, 0.1) is 0 Å². The fraction of sp³-hybridized carbons (Fsp3) is 0.500. The molecule has 1 rings (SSSR count). The molecular formula is C14H21O5P. The molecule has 1 unspecified atom stereocenters. The zero-order chi connectivity index (χ0) is 14.8. The molecule has 0 saturated heterocycles. The molecule has 1 aromatic rings. The molecule has 5 nitrogen and oxygen atoms in total. The number of carbonyl (C=O) groups excluding carboxylic acids is 1. The van der Waals surface area contributed by atoms with Crippen LogP contribution in [-0.2, 0) is 18.6 Å². The van der Waals surface area contributed by atoms with Crippen LogP contribution in [0.4, 0.5) is 0 Å². The average molecular weight is 300 g/mol. The third-order valence-electron chi connectivity index (χ3n) is 2.62. The molecule has 0 aliphatic carbocycles. The van der Waals surface area contributed by atoms with Gasteiger partial charge in [0.05, 0.1) is 19.6 Å². The fourth-order valence-corrected chi connectivity index (χ4v) is 3.75. The SMILES string of the molecule is CCCOP(=O)(CCC(=O)OCCO)c1ccccc1. The first-order chi connectivity index (χ1) is 9.62. The summed E-state index contributed by atoms with van der Waals surface area (Å²) in [5.41, 5.74) is 0. The first-order valence-electron chi connectivity index (χ1n) is 6.68. The summed E-state index contributed by atoms with van der Waals surface area (Å²) in [5.74, 6) is -0.477. The minimum Gasteiger partial charge on any atom is -0.463 e. The van der Waals surface area contributed by atoms with E-state index in [9.17, 15) is 9.36 Å². The van der Waals surface area contributed by atoms with Gasteiger partial charge in [-0.15, -0.1) is 0 Å². The molecule has 0 amide bonds. The molecule has 0 aliphatic rings. The van der Waals surface area contributed by atoms with Crippen molar-refractivity contribution in [1.29, 1.82) is 0 Å². The molecule has 1 atom stereocenters. The minimum atomic E-state index is -3.04. The zero-order valence-corrected chi connectivity index (χ0v) is 12.6. The van der Waals surface area contributed by atoms with Gasteiger partial charge in [-0.3, -0.25) is 9.36 Å². The molecule has 0 fully saturated rings. The van der Waals surface area contributed by atoms with E-state index in [4.69, 9.17) is 14.4 Å². The summed E-state index contributed by atoms with van der Waals surface area (Å²) in [6.45, 7) is 2.07. The van der Waals surface area contributed by atoms with Gasteiger partial charge >= 0.3 is 5.97 Å². The molecule has 0 saturated carbocycles. The first-order valence-corrected chi connectivity index (χ1v) is 8.49. The van der Waals surface area contributed by atoms with Crippen LogP contribution in [0.1, 0.15) is 19.8 Å². The molecule has 112 valence electrons. The van der Waals surface area contributed by atoms with Crippen LogP contribution in [0.5, 0.6) is 0 Å². The van der Waals surface area contributed by atoms with Gasteiger partial charge in [-0.1, -0.05) is 25.1 Å². The lowest BCUT2D eigenvalue weighted by Crippen LogP contribution is -2.15. The van der Waals surface area contributed by atoms with Gasteiger partial charge in [-0.05, 0) is 18.6 Å². The van der Waals surface area contributed by atoms with E-state index in [1.165, 1.54) is 0 Å². The summed E-state index contributed by atoms with van der Waals surface area (Å²) in [5, 5.41) is 9.19. The highest BCUT2D eigenvalue weighted by Crippen LogP contribution is 2.46. The van der Waals surface area contributed by atoms with Gasteiger partial charge in [0.15, 0.2) is 0 Å². The van der Waals surface area contributed by atoms with Crippen LogP contribution >= 0.6 is 7.37 Å². The van der Waals surface area contributed by atoms with Gasteiger partial charge in [0.1, 0.15) is 6.61 Å². The minimum absolute atomic E-state index is 0.00981. The summed E-state index contributed by atoms with van der Waals surface area (Å²) in [7, 11) is -3.04. The van der Waals surface area contributed by atoms with E-state index in [2.05, 4.69) is 0 Å². The highest BCUT2D eigenvalue weighted by Gasteiger charge is 2.26. The summed E-state index contributed by atoms with van der Waals surface area (Å²) < 4.78 is 23.2. The smallest absolute Gasteiger partial charge is 0.306 e. The van der Waals surface area contributed by atoms with Crippen LogP contribution in [0.15, 0.2) is 30.3 Å². The average Bonchev–Trinajstić information content (AvgIpc) is 2.49. The van der Waals surface area contributed by atoms with Crippen LogP contribution in [0.2, 0.25) is 0 Å². The predicted octanol–water partition coefficient (Wildman–Crippen LogP) is 1.94. The number of aliphatic hydroxyl groups excluding tert-OH is 1. The molecule has 0 aromatic heterocycles. The van der Waals surface area contributed by atoms with Gasteiger partial charge in [-0.2, -0.15) is 0 Å². The number of esters is 1. The van der Waals surface area contributed by atoms with Gasteiger partial charge in [-0.25, -0.2) is 0 Å². The Kier molecular flexibility index (Phi) is 7.52. The van der Waals surface area contributed by atoms with Gasteiger partial charge in [0.25, 0.3) is 0 Å². The molecule has 0 radical (unpaired) electrons. The Morgan fingerprint density at radius 3 is 2.55 bits per heavy atom. The molecule has 0 spiro atoms. The van der Waals surface area contributed by atoms with Gasteiger partial charge in [0, 0.05) is 11.5 Å². The highest BCUT2D eigenvalue weighted by atomic mass is 31.2. The second kappa shape index (κ2) is 8.90. The Hall–Kier alpha value is -1.16. The molecule has 1 N–H and O–H groups in total. The van der Waals surface area contributed by atoms with Crippen molar-refractivity contribution in [3.8, 4) is 0 Å². The molecule has 1 aromatic carbocycles. The second-order valence-electron chi connectivity index (χ2n) is 4.26. The van der Waals surface area contributed by atoms with Gasteiger partial charge in [0.2, 0.25) is 7.37 Å². The Morgan fingerprint density at radius 1 is 1.25 bits per heavy atom. The second-order valence-corrected chi connectivity index (χ2v) is 6.83. The monoisotopic (exact) mass is 300 g/mol. The van der Waals surface area contributed by atoms with Crippen molar-refractivity contribution in [1.82, 2.24) is 0 Å². The van der Waals surface area contributed by atoms with Crippen LogP contribution < -0.4 is 5.30 Å². The molecule has 0 heterocycles. The summed E-state index contributed by atoms with van der Waals surface area (Å²) in [4.78, 5) is 11.4. The molecule has 6 heteroatoms. The topological polar surface area (TPSA) is 72.8 Å². The van der Waals surface area contributed by atoms with Crippen LogP contribution in [0.25, 0.3) is 0 Å². The Morgan fingerprint density at radius 2 is 1.95 bits per heavy atom. The maximum absolute atomic E-state index is 12.9. The van der Waals surface area contributed by atoms with E-state index in [0.29, 0.717) is 11.9 Å². The van der Waals surface area contributed by atoms with Gasteiger partial charge < -0.3 is 14.4 Å². The lowest BCUT2D eigenvalue weighted by Gasteiger charge is -2.18. The highest BCUT2D eigenvalue weighted by molar-refractivity contribution is 7.67. The lowest BCUT2D eigenvalue weighted by molar-refractivity contribution is -0.144. The number of hydrogen-bond donors (Lipinski definition) is 1. The molecule has 0 bridgehead atoms. The predicted molar refractivity (Wildman–Crippen MR) is 77.5 cm³/mol. The van der Waals surface area contributed by atoms with Crippen LogP contribution in [0.3, 0.4) is 0 Å². The van der Waals surface area contributed by atoms with Crippen molar-refractivity contribution in [2.24, 2.45) is 0 Å². The number of benzene rings is 1. The van der Waals surface area contributed by atoms with Crippen molar-refractivity contribution in [3.05, 3.63) is 30.3 Å². The normalized spacial score (nSPS) is 13.7.